The van der Waals surface area contributed by atoms with Crippen molar-refractivity contribution in [3.63, 3.8) is 0 Å². The first-order valence-corrected chi connectivity index (χ1v) is 6.66. The van der Waals surface area contributed by atoms with E-state index in [1.54, 1.807) is 23.1 Å². The van der Waals surface area contributed by atoms with Crippen LogP contribution in [0.2, 0.25) is 5.02 Å². The van der Waals surface area contributed by atoms with Crippen LogP contribution >= 0.6 is 11.6 Å². The molecule has 20 heavy (non-hydrogen) atoms. The average Bonchev–Trinajstić information content (AvgIpc) is 2.41. The number of carbonyl (C=O) groups is 2. The second-order valence-corrected chi connectivity index (χ2v) is 4.89. The zero-order chi connectivity index (χ0) is 15.1. The lowest BCUT2D eigenvalue weighted by Crippen LogP contribution is -2.35. The van der Waals surface area contributed by atoms with Crippen LogP contribution in [0, 0.1) is 0 Å². The first-order chi connectivity index (χ1) is 9.43. The third-order valence-electron chi connectivity index (χ3n) is 2.58. The summed E-state index contributed by atoms with van der Waals surface area (Å²) in [5, 5.41) is 0.447. The molecule has 0 atom stereocenters. The van der Waals surface area contributed by atoms with Crippen LogP contribution in [0.15, 0.2) is 36.4 Å². The first kappa shape index (κ1) is 16.2. The Morgan fingerprint density at radius 3 is 2.65 bits per heavy atom. The Balaban J connectivity index is 2.55. The second-order valence-electron chi connectivity index (χ2n) is 4.45. The summed E-state index contributed by atoms with van der Waals surface area (Å²) >= 11 is 5.79. The molecule has 0 aliphatic heterocycles. The molecule has 0 aliphatic carbocycles. The number of carbonyl (C=O) groups excluding carboxylic acids is 2. The Labute approximate surface area is 124 Å². The topological polar surface area (TPSA) is 46.6 Å². The highest BCUT2D eigenvalue weighted by Crippen LogP contribution is 2.11. The number of benzene rings is 1. The molecule has 0 aromatic heterocycles. The predicted molar refractivity (Wildman–Crippen MR) is 78.8 cm³/mol. The third-order valence-corrected chi connectivity index (χ3v) is 2.82. The molecule has 0 unspecified atom stereocenters. The van der Waals surface area contributed by atoms with Gasteiger partial charge in [0.05, 0.1) is 5.56 Å². The number of amides is 1. The lowest BCUT2D eigenvalue weighted by atomic mass is 10.2. The summed E-state index contributed by atoms with van der Waals surface area (Å²) in [6, 6.07) is 6.40. The number of hydrogen-bond donors (Lipinski definition) is 0. The molecule has 0 bridgehead atoms. The van der Waals surface area contributed by atoms with E-state index in [-0.39, 0.29) is 12.5 Å². The van der Waals surface area contributed by atoms with E-state index in [1.165, 1.54) is 6.07 Å². The summed E-state index contributed by atoms with van der Waals surface area (Å²) in [6.45, 7) is 8.18. The molecule has 0 radical (unpaired) electrons. The lowest BCUT2D eigenvalue weighted by molar-refractivity contribution is -0.133. The van der Waals surface area contributed by atoms with Gasteiger partial charge in [-0.1, -0.05) is 29.8 Å². The van der Waals surface area contributed by atoms with Crippen molar-refractivity contribution in [2.45, 2.75) is 13.8 Å². The van der Waals surface area contributed by atoms with Gasteiger partial charge >= 0.3 is 5.97 Å². The van der Waals surface area contributed by atoms with E-state index < -0.39 is 5.97 Å². The van der Waals surface area contributed by atoms with Gasteiger partial charge in [-0.05, 0) is 32.0 Å². The van der Waals surface area contributed by atoms with Crippen molar-refractivity contribution in [2.24, 2.45) is 0 Å². The van der Waals surface area contributed by atoms with Gasteiger partial charge in [-0.15, -0.1) is 0 Å². The maximum absolute atomic E-state index is 11.9. The van der Waals surface area contributed by atoms with E-state index in [9.17, 15) is 9.59 Å². The molecule has 0 fully saturated rings. The van der Waals surface area contributed by atoms with Crippen LogP contribution in [0.3, 0.4) is 0 Å². The normalized spacial score (nSPS) is 9.95. The summed E-state index contributed by atoms with van der Waals surface area (Å²) < 4.78 is 4.99. The highest BCUT2D eigenvalue weighted by atomic mass is 35.5. The highest BCUT2D eigenvalue weighted by molar-refractivity contribution is 6.30. The van der Waals surface area contributed by atoms with Crippen molar-refractivity contribution in [1.29, 1.82) is 0 Å². The Kier molecular flexibility index (Phi) is 6.25. The lowest BCUT2D eigenvalue weighted by Gasteiger charge is -2.20. The van der Waals surface area contributed by atoms with E-state index >= 15 is 0 Å². The molecule has 0 saturated heterocycles. The largest absolute Gasteiger partial charge is 0.452 e. The zero-order valence-electron chi connectivity index (χ0n) is 11.7. The van der Waals surface area contributed by atoms with Crippen LogP contribution in [-0.2, 0) is 9.53 Å². The summed E-state index contributed by atoms with van der Waals surface area (Å²) in [5.41, 5.74) is 1.20. The van der Waals surface area contributed by atoms with Crippen LogP contribution in [0.1, 0.15) is 24.2 Å². The molecule has 1 aromatic carbocycles. The number of ether oxygens (including phenoxy) is 1. The van der Waals surface area contributed by atoms with E-state index in [1.807, 2.05) is 13.8 Å². The van der Waals surface area contributed by atoms with Gasteiger partial charge in [-0.2, -0.15) is 0 Å². The maximum Gasteiger partial charge on any atom is 0.338 e. The molecule has 1 rings (SSSR count). The standard InChI is InChI=1S/C15H18ClNO3/c1-4-17(9-11(2)3)14(18)10-20-15(19)12-6-5-7-13(16)8-12/h5-8H,2,4,9-10H2,1,3H3. The summed E-state index contributed by atoms with van der Waals surface area (Å²) in [5.74, 6) is -0.807. The molecule has 108 valence electrons. The highest BCUT2D eigenvalue weighted by Gasteiger charge is 2.15. The third kappa shape index (κ3) is 5.05. The SMILES string of the molecule is C=C(C)CN(CC)C(=O)COC(=O)c1cccc(Cl)c1. The van der Waals surface area contributed by atoms with Gasteiger partial charge in [0.15, 0.2) is 6.61 Å². The van der Waals surface area contributed by atoms with Gasteiger partial charge in [0.2, 0.25) is 0 Å². The summed E-state index contributed by atoms with van der Waals surface area (Å²) in [6.07, 6.45) is 0. The quantitative estimate of drug-likeness (QED) is 0.599. The predicted octanol–water partition coefficient (Wildman–Crippen LogP) is 2.92. The number of halogens is 1. The molecular formula is C15H18ClNO3. The maximum atomic E-state index is 11.9. The summed E-state index contributed by atoms with van der Waals surface area (Å²) in [4.78, 5) is 25.2. The Morgan fingerprint density at radius 1 is 1.40 bits per heavy atom. The summed E-state index contributed by atoms with van der Waals surface area (Å²) in [7, 11) is 0. The molecule has 0 N–H and O–H groups in total. The van der Waals surface area contributed by atoms with Crippen LogP contribution in [0.4, 0.5) is 0 Å². The van der Waals surface area contributed by atoms with Gasteiger partial charge in [-0.3, -0.25) is 4.79 Å². The Morgan fingerprint density at radius 2 is 2.10 bits per heavy atom. The molecule has 1 amide bonds. The fourth-order valence-corrected chi connectivity index (χ4v) is 1.81. The van der Waals surface area contributed by atoms with Crippen LogP contribution in [0.5, 0.6) is 0 Å². The number of rotatable bonds is 6. The minimum atomic E-state index is -0.563. The minimum absolute atomic E-state index is 0.245. The van der Waals surface area contributed by atoms with E-state index in [0.29, 0.717) is 23.7 Å². The van der Waals surface area contributed by atoms with E-state index in [0.717, 1.165) is 5.57 Å². The first-order valence-electron chi connectivity index (χ1n) is 6.29. The van der Waals surface area contributed by atoms with Crippen molar-refractivity contribution in [2.75, 3.05) is 19.7 Å². The smallest absolute Gasteiger partial charge is 0.338 e. The minimum Gasteiger partial charge on any atom is -0.452 e. The molecule has 5 heteroatoms. The molecule has 1 aromatic rings. The molecule has 0 spiro atoms. The molecule has 0 heterocycles. The van der Waals surface area contributed by atoms with Gasteiger partial charge in [0, 0.05) is 18.1 Å². The molecule has 0 saturated carbocycles. The average molecular weight is 296 g/mol. The van der Waals surface area contributed by atoms with Gasteiger partial charge in [0.1, 0.15) is 0 Å². The number of esters is 1. The zero-order valence-corrected chi connectivity index (χ0v) is 12.4. The van der Waals surface area contributed by atoms with Gasteiger partial charge in [0.25, 0.3) is 5.91 Å². The monoisotopic (exact) mass is 295 g/mol. The van der Waals surface area contributed by atoms with Crippen LogP contribution in [-0.4, -0.2) is 36.5 Å². The Hall–Kier alpha value is -1.81. The van der Waals surface area contributed by atoms with Gasteiger partial charge < -0.3 is 9.64 Å². The second kappa shape index (κ2) is 7.70. The molecule has 0 aliphatic rings. The van der Waals surface area contributed by atoms with Crippen molar-refractivity contribution >= 4 is 23.5 Å². The van der Waals surface area contributed by atoms with Crippen molar-refractivity contribution in [1.82, 2.24) is 4.90 Å². The van der Waals surface area contributed by atoms with E-state index in [4.69, 9.17) is 16.3 Å². The number of hydrogen-bond acceptors (Lipinski definition) is 3. The van der Waals surface area contributed by atoms with E-state index in [2.05, 4.69) is 6.58 Å². The van der Waals surface area contributed by atoms with Gasteiger partial charge in [-0.25, -0.2) is 4.79 Å². The number of nitrogens with zero attached hydrogens (tertiary/aromatic N) is 1. The van der Waals surface area contributed by atoms with Crippen molar-refractivity contribution in [3.05, 3.63) is 47.0 Å². The fourth-order valence-electron chi connectivity index (χ4n) is 1.62. The fraction of sp³-hybridized carbons (Fsp3) is 0.333. The van der Waals surface area contributed by atoms with Crippen LogP contribution in [0.25, 0.3) is 0 Å². The number of likely N-dealkylation sites (N-methyl/N-ethyl adjacent to an activating group) is 1. The molecular weight excluding hydrogens is 278 g/mol. The Bertz CT molecular complexity index is 514. The van der Waals surface area contributed by atoms with Crippen LogP contribution < -0.4 is 0 Å². The molecule has 4 nitrogen and oxygen atoms in total. The van der Waals surface area contributed by atoms with Crippen molar-refractivity contribution < 1.29 is 14.3 Å². The van der Waals surface area contributed by atoms with Crippen molar-refractivity contribution in [3.8, 4) is 0 Å².